The Kier molecular flexibility index (Phi) is 6.18. The molecule has 15 heavy (non-hydrogen) atoms. The third kappa shape index (κ3) is 5.20. The minimum Gasteiger partial charge on any atom is -0.312 e. The average molecular weight is 260 g/mol. The highest BCUT2D eigenvalue weighted by Gasteiger charge is 2.39. The summed E-state index contributed by atoms with van der Waals surface area (Å²) >= 11 is 0. The molecule has 0 rings (SSSR count). The Morgan fingerprint density at radius 1 is 1.27 bits per heavy atom. The summed E-state index contributed by atoms with van der Waals surface area (Å²) < 4.78 is 47.5. The lowest BCUT2D eigenvalue weighted by molar-refractivity contribution is 0.275. The molecule has 0 unspecified atom stereocenters. The normalized spacial score (nSPS) is 13.5. The molecule has 7 heteroatoms. The number of rotatable bonds is 7. The van der Waals surface area contributed by atoms with Gasteiger partial charge in [0.15, 0.2) is 0 Å². The molecule has 0 aromatic heterocycles. The predicted molar refractivity (Wildman–Crippen MR) is 59.0 cm³/mol. The highest BCUT2D eigenvalue weighted by molar-refractivity contribution is 7.53. The fourth-order valence-corrected chi connectivity index (χ4v) is 3.64. The number of hydrogen-bond donors (Lipinski definition) is 0. The Labute approximate surface area is 91.0 Å². The van der Waals surface area contributed by atoms with Gasteiger partial charge in [-0.05, 0) is 12.5 Å². The van der Waals surface area contributed by atoms with Crippen molar-refractivity contribution in [1.82, 2.24) is 0 Å². The standard InChI is InChI=1S/C8H19F2O3PSi/c1-8(2)15(9,10)7-5-6-14(11,12-3)13-4/h8H,5-7H2,1-4H3. The third-order valence-corrected chi connectivity index (χ3v) is 7.03. The fourth-order valence-electron chi connectivity index (χ4n) is 1.05. The summed E-state index contributed by atoms with van der Waals surface area (Å²) in [6, 6.07) is -0.151. The smallest absolute Gasteiger partial charge is 0.312 e. The van der Waals surface area contributed by atoms with Gasteiger partial charge in [0.25, 0.3) is 0 Å². The average Bonchev–Trinajstić information content (AvgIpc) is 2.17. The van der Waals surface area contributed by atoms with E-state index in [0.717, 1.165) is 0 Å². The molecule has 0 amide bonds. The zero-order valence-electron chi connectivity index (χ0n) is 9.63. The van der Waals surface area contributed by atoms with Crippen LogP contribution in [-0.4, -0.2) is 29.1 Å². The maximum absolute atomic E-state index is 13.3. The largest absolute Gasteiger partial charge is 0.427 e. The molecule has 0 saturated carbocycles. The van der Waals surface area contributed by atoms with E-state index in [4.69, 9.17) is 0 Å². The monoisotopic (exact) mass is 260 g/mol. The highest BCUT2D eigenvalue weighted by Crippen LogP contribution is 2.47. The maximum Gasteiger partial charge on any atom is 0.427 e. The van der Waals surface area contributed by atoms with Crippen LogP contribution in [0.4, 0.5) is 8.22 Å². The fraction of sp³-hybridized carbons (Fsp3) is 1.00. The molecule has 92 valence electrons. The third-order valence-electron chi connectivity index (χ3n) is 2.34. The van der Waals surface area contributed by atoms with E-state index < -0.39 is 21.9 Å². The van der Waals surface area contributed by atoms with Crippen LogP contribution >= 0.6 is 7.60 Å². The van der Waals surface area contributed by atoms with E-state index in [-0.39, 0.29) is 18.6 Å². The van der Waals surface area contributed by atoms with Crippen LogP contribution in [-0.2, 0) is 13.6 Å². The Bertz CT molecular complexity index is 228. The van der Waals surface area contributed by atoms with Crippen LogP contribution in [0.1, 0.15) is 20.3 Å². The summed E-state index contributed by atoms with van der Waals surface area (Å²) in [5.74, 6) is 0. The first-order valence-electron chi connectivity index (χ1n) is 4.86. The van der Waals surface area contributed by atoms with Gasteiger partial charge in [-0.3, -0.25) is 12.8 Å². The lowest BCUT2D eigenvalue weighted by Gasteiger charge is -2.18. The van der Waals surface area contributed by atoms with E-state index in [9.17, 15) is 12.8 Å². The van der Waals surface area contributed by atoms with Crippen LogP contribution in [0.15, 0.2) is 0 Å². The van der Waals surface area contributed by atoms with E-state index >= 15 is 0 Å². The zero-order valence-corrected chi connectivity index (χ0v) is 11.5. The first-order chi connectivity index (χ1) is 6.77. The van der Waals surface area contributed by atoms with E-state index in [1.807, 2.05) is 0 Å². The molecule has 0 atom stereocenters. The van der Waals surface area contributed by atoms with Gasteiger partial charge in [-0.2, -0.15) is 0 Å². The van der Waals surface area contributed by atoms with Crippen molar-refractivity contribution in [3.05, 3.63) is 0 Å². The summed E-state index contributed by atoms with van der Waals surface area (Å²) in [7, 11) is -4.71. The summed E-state index contributed by atoms with van der Waals surface area (Å²) in [6.07, 6.45) is 0.256. The molecule has 0 spiro atoms. The Balaban J connectivity index is 4.04. The van der Waals surface area contributed by atoms with Gasteiger partial charge in [-0.15, -0.1) is 0 Å². The van der Waals surface area contributed by atoms with Crippen molar-refractivity contribution in [2.24, 2.45) is 0 Å². The van der Waals surface area contributed by atoms with Gasteiger partial charge in [0.2, 0.25) is 0 Å². The van der Waals surface area contributed by atoms with Crippen molar-refractivity contribution in [2.75, 3.05) is 20.4 Å². The first-order valence-corrected chi connectivity index (χ1v) is 8.62. The molecule has 3 nitrogen and oxygen atoms in total. The summed E-state index contributed by atoms with van der Waals surface area (Å²) in [6.45, 7) is 3.05. The molecule has 0 heterocycles. The second kappa shape index (κ2) is 6.08. The molecule has 0 bridgehead atoms. The maximum atomic E-state index is 13.3. The minimum absolute atomic E-state index is 0.0648. The molecular formula is C8H19F2O3PSi. The lowest BCUT2D eigenvalue weighted by Crippen LogP contribution is -2.26. The van der Waals surface area contributed by atoms with Crippen molar-refractivity contribution in [3.63, 3.8) is 0 Å². The quantitative estimate of drug-likeness (QED) is 0.398. The molecule has 0 aliphatic carbocycles. The minimum atomic E-state index is -4.14. The van der Waals surface area contributed by atoms with Crippen molar-refractivity contribution in [1.29, 1.82) is 0 Å². The zero-order chi connectivity index (χ0) is 12.1. The number of halogens is 2. The molecule has 0 aromatic carbocycles. The van der Waals surface area contributed by atoms with Gasteiger partial charge in [-0.1, -0.05) is 13.8 Å². The van der Waals surface area contributed by atoms with E-state index in [1.165, 1.54) is 28.1 Å². The van der Waals surface area contributed by atoms with Gasteiger partial charge in [-0.25, -0.2) is 0 Å². The Morgan fingerprint density at radius 3 is 2.07 bits per heavy atom. The molecule has 0 aliphatic rings. The Hall–Kier alpha value is 0.227. The van der Waals surface area contributed by atoms with Crippen LogP contribution in [0.25, 0.3) is 0 Å². The van der Waals surface area contributed by atoms with Crippen molar-refractivity contribution < 1.29 is 21.8 Å². The molecule has 0 fully saturated rings. The Morgan fingerprint density at radius 2 is 1.73 bits per heavy atom. The highest BCUT2D eigenvalue weighted by atomic mass is 31.2. The van der Waals surface area contributed by atoms with Gasteiger partial charge < -0.3 is 9.05 Å². The van der Waals surface area contributed by atoms with Gasteiger partial charge >= 0.3 is 16.3 Å². The SMILES string of the molecule is COP(=O)(CCC[Si](F)(F)C(C)C)OC. The molecule has 0 N–H and O–H groups in total. The topological polar surface area (TPSA) is 35.5 Å². The van der Waals surface area contributed by atoms with E-state index in [2.05, 4.69) is 9.05 Å². The molecular weight excluding hydrogens is 241 g/mol. The van der Waals surface area contributed by atoms with Crippen LogP contribution in [0, 0.1) is 0 Å². The van der Waals surface area contributed by atoms with Crippen LogP contribution in [0.3, 0.4) is 0 Å². The van der Waals surface area contributed by atoms with Gasteiger partial charge in [0, 0.05) is 19.8 Å². The van der Waals surface area contributed by atoms with E-state index in [1.54, 1.807) is 0 Å². The second-order valence-electron chi connectivity index (χ2n) is 3.72. The summed E-state index contributed by atoms with van der Waals surface area (Å²) in [4.78, 5) is 0. The molecule has 0 saturated heterocycles. The number of hydrogen-bond acceptors (Lipinski definition) is 3. The summed E-state index contributed by atoms with van der Waals surface area (Å²) in [5.41, 5.74) is -0.568. The van der Waals surface area contributed by atoms with Gasteiger partial charge in [0.1, 0.15) is 0 Å². The molecule has 0 aliphatic heterocycles. The predicted octanol–water partition coefficient (Wildman–Crippen LogP) is 3.65. The second-order valence-corrected chi connectivity index (χ2v) is 9.30. The van der Waals surface area contributed by atoms with Crippen molar-refractivity contribution >= 4 is 16.3 Å². The van der Waals surface area contributed by atoms with Crippen LogP contribution in [0.5, 0.6) is 0 Å². The molecule has 0 aromatic rings. The lowest BCUT2D eigenvalue weighted by atomic mass is 10.5. The van der Waals surface area contributed by atoms with Crippen LogP contribution in [0.2, 0.25) is 11.6 Å². The van der Waals surface area contributed by atoms with E-state index in [0.29, 0.717) is 0 Å². The van der Waals surface area contributed by atoms with Crippen LogP contribution < -0.4 is 0 Å². The van der Waals surface area contributed by atoms with Gasteiger partial charge in [0.05, 0.1) is 6.16 Å². The van der Waals surface area contributed by atoms with Crippen molar-refractivity contribution in [3.8, 4) is 0 Å². The first kappa shape index (κ1) is 15.2. The summed E-state index contributed by atoms with van der Waals surface area (Å²) in [5, 5.41) is 0. The van der Waals surface area contributed by atoms with Crippen molar-refractivity contribution in [2.45, 2.75) is 31.9 Å². The molecule has 0 radical (unpaired) electrons.